The molecule has 1 aromatic rings. The number of likely N-dealkylation sites (N-methyl/N-ethyl adjacent to an activating group) is 1. The van der Waals surface area contributed by atoms with Crippen molar-refractivity contribution in [2.75, 3.05) is 33.0 Å². The molecule has 1 rings (SSSR count). The molecule has 0 aromatic heterocycles. The summed E-state index contributed by atoms with van der Waals surface area (Å²) in [5.41, 5.74) is 2.56. The monoisotopic (exact) mass is 279 g/mol. The molecule has 1 unspecified atom stereocenters. The number of benzene rings is 1. The molecule has 0 saturated heterocycles. The zero-order valence-electron chi connectivity index (χ0n) is 13.3. The Morgan fingerprint density at radius 1 is 1.00 bits per heavy atom. The smallest absolute Gasteiger partial charge is 0.0701 e. The van der Waals surface area contributed by atoms with Crippen LogP contribution in [0.25, 0.3) is 0 Å². The number of rotatable bonds is 10. The van der Waals surface area contributed by atoms with Crippen molar-refractivity contribution in [1.29, 1.82) is 0 Å². The van der Waals surface area contributed by atoms with Crippen molar-refractivity contribution in [2.24, 2.45) is 5.92 Å². The van der Waals surface area contributed by atoms with E-state index in [2.05, 4.69) is 57.3 Å². The quantitative estimate of drug-likeness (QED) is 0.666. The SMILES string of the molecule is CCNC(COCCOCC(C)C)c1ccc(C)cc1. The summed E-state index contributed by atoms with van der Waals surface area (Å²) in [7, 11) is 0. The predicted molar refractivity (Wildman–Crippen MR) is 84.1 cm³/mol. The highest BCUT2D eigenvalue weighted by atomic mass is 16.5. The van der Waals surface area contributed by atoms with Gasteiger partial charge in [-0.25, -0.2) is 0 Å². The Labute approximate surface area is 123 Å². The molecule has 114 valence electrons. The molecule has 0 saturated carbocycles. The van der Waals surface area contributed by atoms with Gasteiger partial charge in [-0.2, -0.15) is 0 Å². The molecule has 0 bridgehead atoms. The van der Waals surface area contributed by atoms with Crippen LogP contribution in [0.1, 0.15) is 37.9 Å². The van der Waals surface area contributed by atoms with E-state index in [1.165, 1.54) is 11.1 Å². The van der Waals surface area contributed by atoms with Gasteiger partial charge in [-0.3, -0.25) is 0 Å². The number of hydrogen-bond donors (Lipinski definition) is 1. The molecule has 20 heavy (non-hydrogen) atoms. The fourth-order valence-electron chi connectivity index (χ4n) is 1.96. The maximum absolute atomic E-state index is 5.73. The molecule has 1 aromatic carbocycles. The third-order valence-corrected chi connectivity index (χ3v) is 3.04. The lowest BCUT2D eigenvalue weighted by atomic mass is 10.1. The molecule has 3 heteroatoms. The van der Waals surface area contributed by atoms with Crippen LogP contribution in [-0.4, -0.2) is 33.0 Å². The van der Waals surface area contributed by atoms with Crippen LogP contribution in [-0.2, 0) is 9.47 Å². The van der Waals surface area contributed by atoms with E-state index in [0.29, 0.717) is 25.7 Å². The average Bonchev–Trinajstić information content (AvgIpc) is 2.42. The first-order valence-corrected chi connectivity index (χ1v) is 7.59. The third-order valence-electron chi connectivity index (χ3n) is 3.04. The Morgan fingerprint density at radius 3 is 2.15 bits per heavy atom. The van der Waals surface area contributed by atoms with E-state index in [0.717, 1.165) is 13.2 Å². The lowest BCUT2D eigenvalue weighted by Crippen LogP contribution is -2.26. The number of nitrogens with one attached hydrogen (secondary N) is 1. The second-order valence-electron chi connectivity index (χ2n) is 5.56. The summed E-state index contributed by atoms with van der Waals surface area (Å²) >= 11 is 0. The molecular formula is C17H29NO2. The largest absolute Gasteiger partial charge is 0.379 e. The minimum Gasteiger partial charge on any atom is -0.379 e. The summed E-state index contributed by atoms with van der Waals surface area (Å²) in [5, 5.41) is 3.46. The van der Waals surface area contributed by atoms with Crippen LogP contribution in [0.3, 0.4) is 0 Å². The highest BCUT2D eigenvalue weighted by molar-refractivity contribution is 5.24. The predicted octanol–water partition coefficient (Wildman–Crippen LogP) is 3.33. The summed E-state index contributed by atoms with van der Waals surface area (Å²) < 4.78 is 11.2. The molecule has 0 aliphatic heterocycles. The van der Waals surface area contributed by atoms with Gasteiger partial charge in [-0.15, -0.1) is 0 Å². The second-order valence-corrected chi connectivity index (χ2v) is 5.56. The van der Waals surface area contributed by atoms with Gasteiger partial charge in [-0.1, -0.05) is 50.6 Å². The van der Waals surface area contributed by atoms with Gasteiger partial charge in [0.2, 0.25) is 0 Å². The van der Waals surface area contributed by atoms with Gasteiger partial charge < -0.3 is 14.8 Å². The highest BCUT2D eigenvalue weighted by Crippen LogP contribution is 2.14. The van der Waals surface area contributed by atoms with E-state index in [1.54, 1.807) is 0 Å². The summed E-state index contributed by atoms with van der Waals surface area (Å²) in [6.07, 6.45) is 0. The number of hydrogen-bond acceptors (Lipinski definition) is 3. The van der Waals surface area contributed by atoms with Gasteiger partial charge in [0, 0.05) is 6.61 Å². The van der Waals surface area contributed by atoms with Crippen LogP contribution >= 0.6 is 0 Å². The third kappa shape index (κ3) is 7.04. The van der Waals surface area contributed by atoms with E-state index in [4.69, 9.17) is 9.47 Å². The van der Waals surface area contributed by atoms with Gasteiger partial charge in [-0.05, 0) is 24.9 Å². The zero-order valence-corrected chi connectivity index (χ0v) is 13.3. The molecule has 0 radical (unpaired) electrons. The summed E-state index contributed by atoms with van der Waals surface area (Å²) in [4.78, 5) is 0. The van der Waals surface area contributed by atoms with E-state index < -0.39 is 0 Å². The first-order chi connectivity index (χ1) is 9.63. The maximum atomic E-state index is 5.73. The Kier molecular flexibility index (Phi) is 8.51. The molecule has 0 amide bonds. The molecule has 0 heterocycles. The fourth-order valence-corrected chi connectivity index (χ4v) is 1.96. The van der Waals surface area contributed by atoms with Crippen molar-refractivity contribution in [3.8, 4) is 0 Å². The number of ether oxygens (including phenoxy) is 2. The van der Waals surface area contributed by atoms with Crippen LogP contribution in [0.5, 0.6) is 0 Å². The van der Waals surface area contributed by atoms with E-state index in [9.17, 15) is 0 Å². The molecule has 1 N–H and O–H groups in total. The first kappa shape index (κ1) is 17.2. The van der Waals surface area contributed by atoms with Crippen LogP contribution in [0.2, 0.25) is 0 Å². The van der Waals surface area contributed by atoms with E-state index in [-0.39, 0.29) is 6.04 Å². The Balaban J connectivity index is 2.30. The Morgan fingerprint density at radius 2 is 1.60 bits per heavy atom. The molecule has 3 nitrogen and oxygen atoms in total. The van der Waals surface area contributed by atoms with Crippen LogP contribution < -0.4 is 5.32 Å². The normalized spacial score (nSPS) is 12.8. The van der Waals surface area contributed by atoms with Gasteiger partial charge in [0.15, 0.2) is 0 Å². The Bertz CT molecular complexity index is 349. The lowest BCUT2D eigenvalue weighted by molar-refractivity contribution is 0.0304. The summed E-state index contributed by atoms with van der Waals surface area (Å²) in [6.45, 7) is 12.3. The van der Waals surface area contributed by atoms with Gasteiger partial charge in [0.05, 0.1) is 25.9 Å². The van der Waals surface area contributed by atoms with E-state index >= 15 is 0 Å². The van der Waals surface area contributed by atoms with Crippen LogP contribution in [0.15, 0.2) is 24.3 Å². The van der Waals surface area contributed by atoms with Crippen molar-refractivity contribution < 1.29 is 9.47 Å². The van der Waals surface area contributed by atoms with Gasteiger partial charge in [0.1, 0.15) is 0 Å². The van der Waals surface area contributed by atoms with E-state index in [1.807, 2.05) is 0 Å². The molecule has 0 aliphatic rings. The highest BCUT2D eigenvalue weighted by Gasteiger charge is 2.09. The first-order valence-electron chi connectivity index (χ1n) is 7.59. The second kappa shape index (κ2) is 9.92. The van der Waals surface area contributed by atoms with Crippen molar-refractivity contribution in [2.45, 2.75) is 33.7 Å². The van der Waals surface area contributed by atoms with Crippen molar-refractivity contribution >= 4 is 0 Å². The molecule has 1 atom stereocenters. The van der Waals surface area contributed by atoms with Crippen molar-refractivity contribution in [3.63, 3.8) is 0 Å². The van der Waals surface area contributed by atoms with Gasteiger partial charge in [0.25, 0.3) is 0 Å². The van der Waals surface area contributed by atoms with Crippen molar-refractivity contribution in [1.82, 2.24) is 5.32 Å². The van der Waals surface area contributed by atoms with Gasteiger partial charge >= 0.3 is 0 Å². The van der Waals surface area contributed by atoms with Crippen LogP contribution in [0.4, 0.5) is 0 Å². The maximum Gasteiger partial charge on any atom is 0.0701 e. The Hall–Kier alpha value is -0.900. The summed E-state index contributed by atoms with van der Waals surface area (Å²) in [6, 6.07) is 8.88. The molecule has 0 spiro atoms. The topological polar surface area (TPSA) is 30.5 Å². The average molecular weight is 279 g/mol. The fraction of sp³-hybridized carbons (Fsp3) is 0.647. The lowest BCUT2D eigenvalue weighted by Gasteiger charge is -2.19. The number of aryl methyl sites for hydroxylation is 1. The summed E-state index contributed by atoms with van der Waals surface area (Å²) in [5.74, 6) is 0.581. The molecule has 0 aliphatic carbocycles. The minimum atomic E-state index is 0.255. The zero-order chi connectivity index (χ0) is 14.8. The van der Waals surface area contributed by atoms with Crippen LogP contribution in [0, 0.1) is 12.8 Å². The minimum absolute atomic E-state index is 0.255. The standard InChI is InChI=1S/C17H29NO2/c1-5-18-17(16-8-6-15(4)7-9-16)13-20-11-10-19-12-14(2)3/h6-9,14,17-18H,5,10-13H2,1-4H3. The molecule has 0 fully saturated rings. The molecular weight excluding hydrogens is 250 g/mol. The van der Waals surface area contributed by atoms with Crippen molar-refractivity contribution in [3.05, 3.63) is 35.4 Å².